The van der Waals surface area contributed by atoms with Crippen LogP contribution in [0.25, 0.3) is 0 Å². The molecule has 162 valence electrons. The summed E-state index contributed by atoms with van der Waals surface area (Å²) in [6, 6.07) is 4.84. The molecule has 0 spiro atoms. The lowest BCUT2D eigenvalue weighted by Crippen LogP contribution is -2.52. The maximum absolute atomic E-state index is 13.5. The highest BCUT2D eigenvalue weighted by molar-refractivity contribution is 5.87. The normalized spacial score (nSPS) is 12.7. The number of methoxy groups -OCH3 is 1. The fraction of sp³-hybridized carbons (Fsp3) is 0.571. The van der Waals surface area contributed by atoms with Crippen LogP contribution in [0.1, 0.15) is 47.1 Å². The molecule has 0 aromatic heterocycles. The molecule has 1 aromatic carbocycles. The Labute approximate surface area is 171 Å². The van der Waals surface area contributed by atoms with E-state index in [0.717, 1.165) is 4.90 Å². The van der Waals surface area contributed by atoms with Crippen molar-refractivity contribution in [3.63, 3.8) is 0 Å². The molecule has 0 fully saturated rings. The zero-order valence-corrected chi connectivity index (χ0v) is 18.2. The Morgan fingerprint density at radius 2 is 1.76 bits per heavy atom. The van der Waals surface area contributed by atoms with E-state index in [4.69, 9.17) is 9.47 Å². The Hall–Kier alpha value is -2.64. The van der Waals surface area contributed by atoms with Gasteiger partial charge < -0.3 is 14.8 Å². The van der Waals surface area contributed by atoms with Gasteiger partial charge in [-0.2, -0.15) is 0 Å². The van der Waals surface area contributed by atoms with Crippen LogP contribution in [0.15, 0.2) is 24.3 Å². The van der Waals surface area contributed by atoms with Crippen molar-refractivity contribution in [1.29, 1.82) is 0 Å². The molecule has 7 nitrogen and oxygen atoms in total. The molecule has 8 heteroatoms. The number of benzene rings is 1. The zero-order chi connectivity index (χ0) is 22.4. The van der Waals surface area contributed by atoms with Crippen LogP contribution in [0.3, 0.4) is 0 Å². The first-order chi connectivity index (χ1) is 13.2. The number of carbonyl (C=O) groups excluding carboxylic acids is 3. The fourth-order valence-corrected chi connectivity index (χ4v) is 2.49. The number of hydrogen-bond acceptors (Lipinski definition) is 5. The van der Waals surface area contributed by atoms with Crippen molar-refractivity contribution in [2.75, 3.05) is 13.7 Å². The van der Waals surface area contributed by atoms with Crippen LogP contribution < -0.4 is 5.32 Å². The lowest BCUT2D eigenvalue weighted by Gasteiger charge is -2.31. The Morgan fingerprint density at radius 3 is 2.24 bits per heavy atom. The van der Waals surface area contributed by atoms with Gasteiger partial charge in [0.1, 0.15) is 24.0 Å². The molecule has 0 saturated heterocycles. The van der Waals surface area contributed by atoms with Gasteiger partial charge >= 0.3 is 12.1 Å². The minimum Gasteiger partial charge on any atom is -0.467 e. The summed E-state index contributed by atoms with van der Waals surface area (Å²) in [5.74, 6) is -1.59. The van der Waals surface area contributed by atoms with Crippen molar-refractivity contribution in [3.05, 3.63) is 35.6 Å². The molecule has 0 bridgehead atoms. The molecule has 1 rings (SSSR count). The van der Waals surface area contributed by atoms with E-state index in [9.17, 15) is 18.8 Å². The van der Waals surface area contributed by atoms with Gasteiger partial charge in [-0.05, 0) is 43.9 Å². The van der Waals surface area contributed by atoms with Gasteiger partial charge in [-0.15, -0.1) is 0 Å². The highest BCUT2D eigenvalue weighted by Crippen LogP contribution is 2.20. The summed E-state index contributed by atoms with van der Waals surface area (Å²) in [7, 11) is 1.24. The maximum atomic E-state index is 13.5. The molecule has 0 unspecified atom stereocenters. The summed E-state index contributed by atoms with van der Waals surface area (Å²) in [6.45, 7) is 10.1. The van der Waals surface area contributed by atoms with Crippen LogP contribution in [-0.4, -0.2) is 48.2 Å². The summed E-state index contributed by atoms with van der Waals surface area (Å²) in [6.07, 6.45) is -0.720. The number of halogens is 1. The number of nitrogens with zero attached hydrogens (tertiary/aromatic N) is 1. The quantitative estimate of drug-likeness (QED) is 0.728. The first-order valence-electron chi connectivity index (χ1n) is 9.32. The summed E-state index contributed by atoms with van der Waals surface area (Å²) < 4.78 is 23.7. The predicted octanol–water partition coefficient (Wildman–Crippen LogP) is 3.27. The lowest BCUT2D eigenvalue weighted by molar-refractivity contribution is -0.148. The van der Waals surface area contributed by atoms with Gasteiger partial charge in [-0.25, -0.2) is 14.0 Å². The smallest absolute Gasteiger partial charge is 0.411 e. The molecule has 0 radical (unpaired) electrons. The van der Waals surface area contributed by atoms with E-state index in [2.05, 4.69) is 5.32 Å². The number of carbonyl (C=O) groups is 3. The average Bonchev–Trinajstić information content (AvgIpc) is 2.56. The SMILES string of the molecule is COC(=O)[C@@H](NC(=O)CN(Cc1cccc(F)c1)C(=O)OC(C)(C)C)C(C)(C)C. The van der Waals surface area contributed by atoms with Crippen molar-refractivity contribution < 1.29 is 28.2 Å². The second-order valence-electron chi connectivity index (χ2n) is 8.86. The van der Waals surface area contributed by atoms with Crippen LogP contribution in [0.4, 0.5) is 9.18 Å². The molecule has 1 N–H and O–H groups in total. The number of rotatable bonds is 6. The lowest BCUT2D eigenvalue weighted by atomic mass is 9.86. The molecular weight excluding hydrogens is 379 g/mol. The second kappa shape index (κ2) is 9.71. The molecule has 0 aliphatic heterocycles. The summed E-state index contributed by atoms with van der Waals surface area (Å²) in [4.78, 5) is 38.4. The third-order valence-electron chi connectivity index (χ3n) is 3.86. The number of ether oxygens (including phenoxy) is 2. The van der Waals surface area contributed by atoms with Gasteiger partial charge in [0.25, 0.3) is 0 Å². The standard InChI is InChI=1S/C21H31FN2O5/c1-20(2,3)17(18(26)28-7)23-16(25)13-24(19(27)29-21(4,5)6)12-14-9-8-10-15(22)11-14/h8-11,17H,12-13H2,1-7H3,(H,23,25)/t17-/m1/s1. The van der Waals surface area contributed by atoms with E-state index in [1.807, 2.05) is 0 Å². The topological polar surface area (TPSA) is 84.9 Å². The first kappa shape index (κ1) is 24.4. The molecule has 2 amide bonds. The van der Waals surface area contributed by atoms with E-state index in [-0.39, 0.29) is 13.1 Å². The fourth-order valence-electron chi connectivity index (χ4n) is 2.49. The molecular formula is C21H31FN2O5. The van der Waals surface area contributed by atoms with Crippen LogP contribution in [0.2, 0.25) is 0 Å². The van der Waals surface area contributed by atoms with Gasteiger partial charge in [-0.3, -0.25) is 9.69 Å². The highest BCUT2D eigenvalue weighted by Gasteiger charge is 2.34. The van der Waals surface area contributed by atoms with Crippen molar-refractivity contribution in [2.24, 2.45) is 5.41 Å². The van der Waals surface area contributed by atoms with Crippen molar-refractivity contribution in [1.82, 2.24) is 10.2 Å². The Morgan fingerprint density at radius 1 is 1.14 bits per heavy atom. The van der Waals surface area contributed by atoms with Crippen molar-refractivity contribution >= 4 is 18.0 Å². The third-order valence-corrected chi connectivity index (χ3v) is 3.86. The van der Waals surface area contributed by atoms with Gasteiger partial charge in [0, 0.05) is 6.54 Å². The summed E-state index contributed by atoms with van der Waals surface area (Å²) in [5.41, 5.74) is -0.862. The molecule has 1 atom stereocenters. The molecule has 0 aliphatic carbocycles. The van der Waals surface area contributed by atoms with E-state index in [1.165, 1.54) is 25.3 Å². The highest BCUT2D eigenvalue weighted by atomic mass is 19.1. The van der Waals surface area contributed by atoms with E-state index in [0.29, 0.717) is 5.56 Å². The number of esters is 1. The average molecular weight is 410 g/mol. The Balaban J connectivity index is 3.01. The summed E-state index contributed by atoms with van der Waals surface area (Å²) in [5, 5.41) is 2.62. The second-order valence-corrected chi connectivity index (χ2v) is 8.86. The number of hydrogen-bond donors (Lipinski definition) is 1. The van der Waals surface area contributed by atoms with Crippen LogP contribution in [0, 0.1) is 11.2 Å². The van der Waals surface area contributed by atoms with E-state index >= 15 is 0 Å². The van der Waals surface area contributed by atoms with Gasteiger partial charge in [0.15, 0.2) is 0 Å². The number of amides is 2. The minimum atomic E-state index is -0.894. The van der Waals surface area contributed by atoms with Crippen LogP contribution in [0.5, 0.6) is 0 Å². The summed E-state index contributed by atoms with van der Waals surface area (Å²) >= 11 is 0. The first-order valence-corrected chi connectivity index (χ1v) is 9.32. The van der Waals surface area contributed by atoms with E-state index < -0.39 is 40.8 Å². The van der Waals surface area contributed by atoms with Crippen molar-refractivity contribution in [2.45, 2.75) is 59.7 Å². The third kappa shape index (κ3) is 8.50. The molecule has 1 aromatic rings. The van der Waals surface area contributed by atoms with Crippen molar-refractivity contribution in [3.8, 4) is 0 Å². The molecule has 0 heterocycles. The molecule has 29 heavy (non-hydrogen) atoms. The van der Waals surface area contributed by atoms with Gasteiger partial charge in [-0.1, -0.05) is 32.9 Å². The van der Waals surface area contributed by atoms with E-state index in [1.54, 1.807) is 47.6 Å². The monoisotopic (exact) mass is 410 g/mol. The largest absolute Gasteiger partial charge is 0.467 e. The van der Waals surface area contributed by atoms with Crippen LogP contribution in [-0.2, 0) is 25.6 Å². The molecule has 0 aliphatic rings. The Kier molecular flexibility index (Phi) is 8.17. The minimum absolute atomic E-state index is 0.0293. The molecule has 0 saturated carbocycles. The maximum Gasteiger partial charge on any atom is 0.411 e. The predicted molar refractivity (Wildman–Crippen MR) is 106 cm³/mol. The van der Waals surface area contributed by atoms with Gasteiger partial charge in [0.05, 0.1) is 7.11 Å². The number of nitrogens with one attached hydrogen (secondary N) is 1. The Bertz CT molecular complexity index is 737. The van der Waals surface area contributed by atoms with Gasteiger partial charge in [0.2, 0.25) is 5.91 Å². The zero-order valence-electron chi connectivity index (χ0n) is 18.2. The van der Waals surface area contributed by atoms with Crippen LogP contribution >= 0.6 is 0 Å².